The van der Waals surface area contributed by atoms with E-state index in [0.717, 1.165) is 77.1 Å². The van der Waals surface area contributed by atoms with Crippen LogP contribution in [0.25, 0.3) is 33.2 Å². The average Bonchev–Trinajstić information content (AvgIpc) is 3.58. The Morgan fingerprint density at radius 1 is 0.935 bits per heavy atom. The molecule has 2 atom stereocenters. The lowest BCUT2D eigenvalue weighted by Crippen LogP contribution is -2.35. The second-order valence-electron chi connectivity index (χ2n) is 8.63. The Bertz CT molecular complexity index is 1260. The molecular weight excluding hydrogens is 388 g/mol. The van der Waals surface area contributed by atoms with Crippen molar-refractivity contribution in [2.24, 2.45) is 0 Å². The van der Waals surface area contributed by atoms with Crippen molar-refractivity contribution < 1.29 is 4.79 Å². The molecule has 0 saturated carbocycles. The van der Waals surface area contributed by atoms with Crippen LogP contribution < -0.4 is 16.0 Å². The van der Waals surface area contributed by atoms with E-state index in [4.69, 9.17) is 4.98 Å². The van der Waals surface area contributed by atoms with E-state index < -0.39 is 0 Å². The predicted octanol–water partition coefficient (Wildman–Crippen LogP) is 3.83. The molecule has 7 heteroatoms. The number of rotatable bonds is 4. The van der Waals surface area contributed by atoms with Gasteiger partial charge in [-0.05, 0) is 75.2 Å². The maximum atomic E-state index is 12.4. The zero-order chi connectivity index (χ0) is 20.8. The molecule has 158 valence electrons. The van der Waals surface area contributed by atoms with Crippen molar-refractivity contribution in [2.75, 3.05) is 18.4 Å². The van der Waals surface area contributed by atoms with Gasteiger partial charge in [0.15, 0.2) is 0 Å². The SMILES string of the molecule is O=C(Nc1ccc2[nH]c(-c3ccc4nc([C@@H]5CCCN5)[nH]c4c3)cc2c1)[C@@H]1CCCN1. The fourth-order valence-corrected chi connectivity index (χ4v) is 4.78. The Morgan fingerprint density at radius 2 is 1.84 bits per heavy atom. The molecule has 2 fully saturated rings. The highest BCUT2D eigenvalue weighted by molar-refractivity contribution is 5.98. The first kappa shape index (κ1) is 18.6. The largest absolute Gasteiger partial charge is 0.355 e. The van der Waals surface area contributed by atoms with Crippen LogP contribution in [0.15, 0.2) is 42.5 Å². The van der Waals surface area contributed by atoms with Crippen molar-refractivity contribution >= 4 is 33.5 Å². The van der Waals surface area contributed by atoms with E-state index in [-0.39, 0.29) is 11.9 Å². The van der Waals surface area contributed by atoms with Crippen molar-refractivity contribution in [1.29, 1.82) is 0 Å². The molecule has 4 aromatic rings. The first-order valence-electron chi connectivity index (χ1n) is 11.1. The number of nitrogens with zero attached hydrogens (tertiary/aromatic N) is 1. The van der Waals surface area contributed by atoms with Crippen LogP contribution in [-0.4, -0.2) is 40.0 Å². The van der Waals surface area contributed by atoms with Crippen molar-refractivity contribution in [3.8, 4) is 11.3 Å². The molecule has 2 aliphatic rings. The Labute approximate surface area is 180 Å². The summed E-state index contributed by atoms with van der Waals surface area (Å²) < 4.78 is 0. The van der Waals surface area contributed by atoms with E-state index in [1.54, 1.807) is 0 Å². The van der Waals surface area contributed by atoms with Crippen molar-refractivity contribution in [1.82, 2.24) is 25.6 Å². The summed E-state index contributed by atoms with van der Waals surface area (Å²) in [5.41, 5.74) is 6.08. The third-order valence-electron chi connectivity index (χ3n) is 6.47. The number of amides is 1. The summed E-state index contributed by atoms with van der Waals surface area (Å²) in [5.74, 6) is 1.07. The molecule has 2 aromatic carbocycles. The van der Waals surface area contributed by atoms with Crippen LogP contribution in [0.2, 0.25) is 0 Å². The number of nitrogens with one attached hydrogen (secondary N) is 5. The molecule has 0 aliphatic carbocycles. The van der Waals surface area contributed by atoms with Gasteiger partial charge in [0.2, 0.25) is 5.91 Å². The van der Waals surface area contributed by atoms with Crippen molar-refractivity contribution in [3.05, 3.63) is 48.3 Å². The first-order chi connectivity index (χ1) is 15.2. The smallest absolute Gasteiger partial charge is 0.241 e. The van der Waals surface area contributed by atoms with Gasteiger partial charge in [-0.2, -0.15) is 0 Å². The monoisotopic (exact) mass is 414 g/mol. The summed E-state index contributed by atoms with van der Waals surface area (Å²) in [6.07, 6.45) is 4.28. The maximum Gasteiger partial charge on any atom is 0.241 e. The molecular formula is C24H26N6O. The van der Waals surface area contributed by atoms with Crippen LogP contribution in [0.5, 0.6) is 0 Å². The number of H-pyrrole nitrogens is 2. The Morgan fingerprint density at radius 3 is 2.68 bits per heavy atom. The molecule has 6 rings (SSSR count). The van der Waals surface area contributed by atoms with Crippen molar-refractivity contribution in [2.45, 2.75) is 37.8 Å². The van der Waals surface area contributed by atoms with Gasteiger partial charge in [-0.15, -0.1) is 0 Å². The molecule has 1 amide bonds. The number of carbonyl (C=O) groups is 1. The predicted molar refractivity (Wildman–Crippen MR) is 123 cm³/mol. The highest BCUT2D eigenvalue weighted by Gasteiger charge is 2.22. The lowest BCUT2D eigenvalue weighted by Gasteiger charge is -2.11. The highest BCUT2D eigenvalue weighted by Crippen LogP contribution is 2.29. The lowest BCUT2D eigenvalue weighted by atomic mass is 10.1. The molecule has 31 heavy (non-hydrogen) atoms. The number of carbonyl (C=O) groups excluding carboxylic acids is 1. The number of aromatic nitrogens is 3. The van der Waals surface area contributed by atoms with Crippen LogP contribution in [0.3, 0.4) is 0 Å². The summed E-state index contributed by atoms with van der Waals surface area (Å²) in [6, 6.07) is 14.7. The Balaban J connectivity index is 1.27. The third kappa shape index (κ3) is 3.49. The van der Waals surface area contributed by atoms with E-state index >= 15 is 0 Å². The molecule has 4 heterocycles. The van der Waals surface area contributed by atoms with Gasteiger partial charge in [-0.3, -0.25) is 4.79 Å². The van der Waals surface area contributed by atoms with E-state index in [0.29, 0.717) is 6.04 Å². The van der Waals surface area contributed by atoms with Gasteiger partial charge in [0.05, 0.1) is 23.1 Å². The highest BCUT2D eigenvalue weighted by atomic mass is 16.2. The standard InChI is InChI=1S/C24H26N6O/c31-24(20-4-2-10-26-20)27-16-6-8-17-15(11-16)13-21(28-17)14-5-7-18-22(12-14)30-23(29-18)19-3-1-9-25-19/h5-8,11-13,19-20,25-26,28H,1-4,9-10H2,(H,27,31)(H,29,30)/t19-,20-/m0/s1. The number of aromatic amines is 2. The van der Waals surface area contributed by atoms with Crippen LogP contribution in [-0.2, 0) is 4.79 Å². The lowest BCUT2D eigenvalue weighted by molar-refractivity contribution is -0.117. The minimum atomic E-state index is -0.0806. The van der Waals surface area contributed by atoms with Gasteiger partial charge in [0.1, 0.15) is 5.82 Å². The summed E-state index contributed by atoms with van der Waals surface area (Å²) >= 11 is 0. The number of hydrogen-bond donors (Lipinski definition) is 5. The molecule has 0 bridgehead atoms. The fraction of sp³-hybridized carbons (Fsp3) is 0.333. The summed E-state index contributed by atoms with van der Waals surface area (Å²) in [5, 5.41) is 10.9. The maximum absolute atomic E-state index is 12.4. The minimum Gasteiger partial charge on any atom is -0.355 e. The molecule has 0 spiro atoms. The van der Waals surface area contributed by atoms with Crippen molar-refractivity contribution in [3.63, 3.8) is 0 Å². The summed E-state index contributed by atoms with van der Waals surface area (Å²) in [7, 11) is 0. The molecule has 0 radical (unpaired) electrons. The third-order valence-corrected chi connectivity index (χ3v) is 6.47. The number of anilines is 1. The van der Waals surface area contributed by atoms with E-state index in [1.165, 1.54) is 6.42 Å². The second-order valence-corrected chi connectivity index (χ2v) is 8.63. The topological polar surface area (TPSA) is 97.6 Å². The number of hydrogen-bond acceptors (Lipinski definition) is 4. The second kappa shape index (κ2) is 7.51. The molecule has 2 aliphatic heterocycles. The number of imidazole rings is 1. The van der Waals surface area contributed by atoms with Crippen LogP contribution in [0.4, 0.5) is 5.69 Å². The fourth-order valence-electron chi connectivity index (χ4n) is 4.78. The minimum absolute atomic E-state index is 0.0462. The zero-order valence-corrected chi connectivity index (χ0v) is 17.3. The molecule has 2 aromatic heterocycles. The van der Waals surface area contributed by atoms with Crippen LogP contribution in [0.1, 0.15) is 37.5 Å². The van der Waals surface area contributed by atoms with E-state index in [9.17, 15) is 4.79 Å². The van der Waals surface area contributed by atoms with Gasteiger partial charge in [-0.25, -0.2) is 4.98 Å². The molecule has 2 saturated heterocycles. The molecule has 0 unspecified atom stereocenters. The first-order valence-corrected chi connectivity index (χ1v) is 11.1. The Kier molecular flexibility index (Phi) is 4.51. The average molecular weight is 415 g/mol. The number of benzene rings is 2. The van der Waals surface area contributed by atoms with E-state index in [2.05, 4.69) is 50.2 Å². The molecule has 7 nitrogen and oxygen atoms in total. The van der Waals surface area contributed by atoms with Crippen LogP contribution >= 0.6 is 0 Å². The van der Waals surface area contributed by atoms with Gasteiger partial charge in [0, 0.05) is 27.8 Å². The van der Waals surface area contributed by atoms with Gasteiger partial charge < -0.3 is 25.9 Å². The summed E-state index contributed by atoms with van der Waals surface area (Å²) in [6.45, 7) is 1.97. The summed E-state index contributed by atoms with van der Waals surface area (Å²) in [4.78, 5) is 24.2. The van der Waals surface area contributed by atoms with E-state index in [1.807, 2.05) is 18.2 Å². The molecule has 5 N–H and O–H groups in total. The Hall–Kier alpha value is -3.16. The van der Waals surface area contributed by atoms with Crippen LogP contribution in [0, 0.1) is 0 Å². The normalized spacial score (nSPS) is 21.3. The van der Waals surface area contributed by atoms with Gasteiger partial charge >= 0.3 is 0 Å². The van der Waals surface area contributed by atoms with Gasteiger partial charge in [0.25, 0.3) is 0 Å². The zero-order valence-electron chi connectivity index (χ0n) is 17.3. The number of fused-ring (bicyclic) bond motifs is 2. The van der Waals surface area contributed by atoms with Gasteiger partial charge in [-0.1, -0.05) is 6.07 Å². The quantitative estimate of drug-likeness (QED) is 0.351.